The third-order valence-electron chi connectivity index (χ3n) is 2.53. The van der Waals surface area contributed by atoms with Crippen molar-refractivity contribution in [1.29, 1.82) is 5.26 Å². The van der Waals surface area contributed by atoms with Gasteiger partial charge in [-0.1, -0.05) is 11.6 Å². The maximum absolute atomic E-state index is 8.82. The molecule has 0 aliphatic carbocycles. The number of nitriles is 1. The Balaban J connectivity index is 2.17. The Kier molecular flexibility index (Phi) is 3.75. The molecule has 0 saturated heterocycles. The van der Waals surface area contributed by atoms with Gasteiger partial charge in [-0.25, -0.2) is 0 Å². The first-order chi connectivity index (χ1) is 8.70. The van der Waals surface area contributed by atoms with E-state index in [0.29, 0.717) is 17.1 Å². The molecular weight excluding hydrogens is 248 g/mol. The third-order valence-corrected chi connectivity index (χ3v) is 2.84. The first-order valence-electron chi connectivity index (χ1n) is 5.36. The van der Waals surface area contributed by atoms with E-state index in [2.05, 4.69) is 9.97 Å². The normalized spacial score (nSPS) is 9.83. The van der Waals surface area contributed by atoms with E-state index in [-0.39, 0.29) is 0 Å². The zero-order chi connectivity index (χ0) is 13.0. The van der Waals surface area contributed by atoms with Gasteiger partial charge < -0.3 is 4.90 Å². The summed E-state index contributed by atoms with van der Waals surface area (Å²) in [6.07, 6.45) is 5.03. The average Bonchev–Trinajstić information content (AvgIpc) is 2.39. The predicted octanol–water partition coefficient (Wildman–Crippen LogP) is 2.64. The minimum Gasteiger partial charge on any atom is -0.369 e. The molecule has 0 aliphatic heterocycles. The molecule has 2 aromatic rings. The number of rotatable bonds is 3. The molecule has 4 nitrogen and oxygen atoms in total. The van der Waals surface area contributed by atoms with Crippen molar-refractivity contribution in [2.45, 2.75) is 6.54 Å². The Morgan fingerprint density at radius 3 is 2.83 bits per heavy atom. The number of aromatic nitrogens is 2. The van der Waals surface area contributed by atoms with Gasteiger partial charge in [-0.15, -0.1) is 0 Å². The standard InChI is InChI=1S/C13H11ClN4/c1-18(9-11-8-16-4-5-17-11)12-3-2-10(7-15)13(14)6-12/h2-6,8H,9H2,1H3. The van der Waals surface area contributed by atoms with Crippen molar-refractivity contribution in [3.8, 4) is 6.07 Å². The second-order valence-corrected chi connectivity index (χ2v) is 4.24. The van der Waals surface area contributed by atoms with E-state index in [1.165, 1.54) is 0 Å². The van der Waals surface area contributed by atoms with Crippen molar-refractivity contribution in [1.82, 2.24) is 9.97 Å². The third kappa shape index (κ3) is 2.76. The second-order valence-electron chi connectivity index (χ2n) is 3.83. The smallest absolute Gasteiger partial charge is 0.101 e. The van der Waals surface area contributed by atoms with Gasteiger partial charge >= 0.3 is 0 Å². The monoisotopic (exact) mass is 258 g/mol. The van der Waals surface area contributed by atoms with E-state index < -0.39 is 0 Å². The van der Waals surface area contributed by atoms with E-state index in [1.54, 1.807) is 30.7 Å². The molecule has 1 aromatic heterocycles. The zero-order valence-electron chi connectivity index (χ0n) is 9.84. The zero-order valence-corrected chi connectivity index (χ0v) is 10.6. The topological polar surface area (TPSA) is 52.8 Å². The van der Waals surface area contributed by atoms with Crippen molar-refractivity contribution in [2.24, 2.45) is 0 Å². The predicted molar refractivity (Wildman–Crippen MR) is 70.3 cm³/mol. The quantitative estimate of drug-likeness (QED) is 0.849. The Morgan fingerprint density at radius 2 is 2.22 bits per heavy atom. The molecule has 1 aromatic carbocycles. The number of nitrogens with zero attached hydrogens (tertiary/aromatic N) is 4. The van der Waals surface area contributed by atoms with Crippen LogP contribution in [0.5, 0.6) is 0 Å². The summed E-state index contributed by atoms with van der Waals surface area (Å²) in [5.41, 5.74) is 2.29. The van der Waals surface area contributed by atoms with E-state index >= 15 is 0 Å². The summed E-state index contributed by atoms with van der Waals surface area (Å²) in [4.78, 5) is 10.2. The Hall–Kier alpha value is -2.12. The number of hydrogen-bond acceptors (Lipinski definition) is 4. The molecule has 0 aliphatic rings. The van der Waals surface area contributed by atoms with Gasteiger partial charge in [-0.3, -0.25) is 9.97 Å². The number of benzene rings is 1. The molecular formula is C13H11ClN4. The number of anilines is 1. The Labute approximate surface area is 110 Å². The Bertz CT molecular complexity index is 577. The van der Waals surface area contributed by atoms with Crippen LogP contribution in [0.15, 0.2) is 36.8 Å². The molecule has 18 heavy (non-hydrogen) atoms. The number of hydrogen-bond donors (Lipinski definition) is 0. The largest absolute Gasteiger partial charge is 0.369 e. The lowest BCUT2D eigenvalue weighted by Crippen LogP contribution is -2.17. The van der Waals surface area contributed by atoms with Crippen molar-refractivity contribution < 1.29 is 0 Å². The molecule has 0 atom stereocenters. The van der Waals surface area contributed by atoms with Crippen LogP contribution in [0, 0.1) is 11.3 Å². The molecule has 0 spiro atoms. The van der Waals surface area contributed by atoms with E-state index in [4.69, 9.17) is 16.9 Å². The van der Waals surface area contributed by atoms with Gasteiger partial charge in [0.1, 0.15) is 6.07 Å². The molecule has 0 unspecified atom stereocenters. The SMILES string of the molecule is CN(Cc1cnccn1)c1ccc(C#N)c(Cl)c1. The van der Waals surface area contributed by atoms with Crippen LogP contribution in [0.4, 0.5) is 5.69 Å². The molecule has 1 heterocycles. The van der Waals surface area contributed by atoms with E-state index in [1.807, 2.05) is 24.1 Å². The van der Waals surface area contributed by atoms with Crippen LogP contribution in [0.3, 0.4) is 0 Å². The van der Waals surface area contributed by atoms with Gasteiger partial charge in [0.15, 0.2) is 0 Å². The molecule has 90 valence electrons. The fourth-order valence-electron chi connectivity index (χ4n) is 1.58. The van der Waals surface area contributed by atoms with Gasteiger partial charge in [-0.05, 0) is 18.2 Å². The van der Waals surface area contributed by atoms with Crippen molar-refractivity contribution in [3.05, 3.63) is 53.1 Å². The summed E-state index contributed by atoms with van der Waals surface area (Å²) >= 11 is 6.00. The van der Waals surface area contributed by atoms with Crippen molar-refractivity contribution in [2.75, 3.05) is 11.9 Å². The molecule has 0 bridgehead atoms. The van der Waals surface area contributed by atoms with Gasteiger partial charge in [-0.2, -0.15) is 5.26 Å². The van der Waals surface area contributed by atoms with Crippen LogP contribution < -0.4 is 4.90 Å². The first-order valence-corrected chi connectivity index (χ1v) is 5.74. The fourth-order valence-corrected chi connectivity index (χ4v) is 1.80. The van der Waals surface area contributed by atoms with E-state index in [0.717, 1.165) is 11.4 Å². The maximum atomic E-state index is 8.82. The molecule has 0 amide bonds. The molecule has 0 saturated carbocycles. The van der Waals surface area contributed by atoms with E-state index in [9.17, 15) is 0 Å². The highest BCUT2D eigenvalue weighted by Crippen LogP contribution is 2.23. The Morgan fingerprint density at radius 1 is 1.39 bits per heavy atom. The van der Waals surface area contributed by atoms with Gasteiger partial charge in [0.05, 0.1) is 29.0 Å². The average molecular weight is 259 g/mol. The highest BCUT2D eigenvalue weighted by molar-refractivity contribution is 6.32. The lowest BCUT2D eigenvalue weighted by Gasteiger charge is -2.19. The summed E-state index contributed by atoms with van der Waals surface area (Å²) in [5, 5.41) is 9.28. The summed E-state index contributed by atoms with van der Waals surface area (Å²) in [6.45, 7) is 0.635. The second kappa shape index (κ2) is 5.48. The fraction of sp³-hybridized carbons (Fsp3) is 0.154. The highest BCUT2D eigenvalue weighted by atomic mass is 35.5. The lowest BCUT2D eigenvalue weighted by molar-refractivity contribution is 0.873. The molecule has 0 radical (unpaired) electrons. The molecule has 2 rings (SSSR count). The highest BCUT2D eigenvalue weighted by Gasteiger charge is 2.06. The van der Waals surface area contributed by atoms with Crippen LogP contribution in [0.2, 0.25) is 5.02 Å². The van der Waals surface area contributed by atoms with Crippen molar-refractivity contribution >= 4 is 17.3 Å². The van der Waals surface area contributed by atoms with Gasteiger partial charge in [0, 0.05) is 25.1 Å². The van der Waals surface area contributed by atoms with Gasteiger partial charge in [0.2, 0.25) is 0 Å². The maximum Gasteiger partial charge on any atom is 0.101 e. The van der Waals surface area contributed by atoms with Crippen molar-refractivity contribution in [3.63, 3.8) is 0 Å². The summed E-state index contributed by atoms with van der Waals surface area (Å²) in [5.74, 6) is 0. The van der Waals surface area contributed by atoms with Crippen LogP contribution in [-0.4, -0.2) is 17.0 Å². The van der Waals surface area contributed by atoms with Crippen LogP contribution in [0.1, 0.15) is 11.3 Å². The minimum absolute atomic E-state index is 0.459. The van der Waals surface area contributed by atoms with Gasteiger partial charge in [0.25, 0.3) is 0 Å². The first kappa shape index (κ1) is 12.3. The summed E-state index contributed by atoms with van der Waals surface area (Å²) in [6, 6.07) is 7.39. The molecule has 5 heteroatoms. The summed E-state index contributed by atoms with van der Waals surface area (Å²) in [7, 11) is 1.94. The number of halogens is 1. The van der Waals surface area contributed by atoms with Crippen LogP contribution in [-0.2, 0) is 6.54 Å². The summed E-state index contributed by atoms with van der Waals surface area (Å²) < 4.78 is 0. The minimum atomic E-state index is 0.459. The molecule has 0 fully saturated rings. The van der Waals surface area contributed by atoms with Crippen LogP contribution >= 0.6 is 11.6 Å². The molecule has 0 N–H and O–H groups in total. The van der Waals surface area contributed by atoms with Crippen LogP contribution in [0.25, 0.3) is 0 Å². The lowest BCUT2D eigenvalue weighted by atomic mass is 10.2.